The first-order chi connectivity index (χ1) is 9.49. The summed E-state index contributed by atoms with van der Waals surface area (Å²) in [5, 5.41) is 15.9. The first-order valence-corrected chi connectivity index (χ1v) is 6.79. The van der Waals surface area contributed by atoms with Gasteiger partial charge in [0.15, 0.2) is 0 Å². The van der Waals surface area contributed by atoms with Crippen LogP contribution in [0.15, 0.2) is 22.7 Å². The van der Waals surface area contributed by atoms with Crippen molar-refractivity contribution in [3.05, 3.63) is 38.3 Å². The van der Waals surface area contributed by atoms with Crippen LogP contribution in [0.4, 0.5) is 5.69 Å². The van der Waals surface area contributed by atoms with Gasteiger partial charge in [0, 0.05) is 12.1 Å². The van der Waals surface area contributed by atoms with E-state index < -0.39 is 10.8 Å². The summed E-state index contributed by atoms with van der Waals surface area (Å²) in [6.07, 6.45) is 1.94. The molecule has 0 spiro atoms. The van der Waals surface area contributed by atoms with Gasteiger partial charge in [-0.2, -0.15) is 0 Å². The van der Waals surface area contributed by atoms with Gasteiger partial charge in [-0.1, -0.05) is 6.07 Å². The van der Waals surface area contributed by atoms with Crippen molar-refractivity contribution in [3.8, 4) is 0 Å². The highest BCUT2D eigenvalue weighted by Gasteiger charge is 2.24. The Hall–Kier alpha value is -1.96. The minimum Gasteiger partial charge on any atom is -0.352 e. The number of halogens is 1. The van der Waals surface area contributed by atoms with Crippen LogP contribution in [-0.4, -0.2) is 29.3 Å². The van der Waals surface area contributed by atoms with Crippen molar-refractivity contribution >= 4 is 33.4 Å². The van der Waals surface area contributed by atoms with Gasteiger partial charge in [0.05, 0.1) is 17.0 Å². The Bertz CT molecular complexity index is 572. The van der Waals surface area contributed by atoms with E-state index in [9.17, 15) is 19.7 Å². The van der Waals surface area contributed by atoms with Crippen LogP contribution in [0, 0.1) is 10.1 Å². The molecule has 1 saturated carbocycles. The van der Waals surface area contributed by atoms with Crippen molar-refractivity contribution in [2.75, 3.05) is 6.54 Å². The monoisotopic (exact) mass is 341 g/mol. The molecular formula is C12H12BrN3O4. The van der Waals surface area contributed by atoms with Crippen LogP contribution < -0.4 is 10.6 Å². The molecule has 1 fully saturated rings. The van der Waals surface area contributed by atoms with E-state index in [1.807, 2.05) is 0 Å². The molecule has 1 aliphatic carbocycles. The Kier molecular flexibility index (Phi) is 4.33. The molecule has 0 unspecified atom stereocenters. The van der Waals surface area contributed by atoms with Crippen LogP contribution in [0.1, 0.15) is 23.2 Å². The molecular weight excluding hydrogens is 330 g/mol. The minimum absolute atomic E-state index is 0.102. The SMILES string of the molecule is O=C(CNC(=O)c1cccc([N+](=O)[O-])c1Br)NC1CC1. The Labute approximate surface area is 123 Å². The van der Waals surface area contributed by atoms with Crippen molar-refractivity contribution in [2.24, 2.45) is 0 Å². The van der Waals surface area contributed by atoms with E-state index in [2.05, 4.69) is 26.6 Å². The molecule has 106 valence electrons. The number of amides is 2. The second-order valence-electron chi connectivity index (χ2n) is 4.42. The maximum atomic E-state index is 11.9. The molecule has 1 aromatic rings. The highest BCUT2D eigenvalue weighted by atomic mass is 79.9. The van der Waals surface area contributed by atoms with E-state index in [0.29, 0.717) is 0 Å². The molecule has 0 heterocycles. The molecule has 0 aliphatic heterocycles. The van der Waals surface area contributed by atoms with Crippen molar-refractivity contribution < 1.29 is 14.5 Å². The number of carbonyl (C=O) groups is 2. The zero-order valence-corrected chi connectivity index (χ0v) is 12.0. The third-order valence-corrected chi connectivity index (χ3v) is 3.61. The van der Waals surface area contributed by atoms with E-state index >= 15 is 0 Å². The first kappa shape index (κ1) is 14.4. The molecule has 0 atom stereocenters. The standard InChI is InChI=1S/C12H12BrN3O4/c13-11-8(2-1-3-9(11)16(19)20)12(18)14-6-10(17)15-7-4-5-7/h1-3,7H,4-6H2,(H,14,18)(H,15,17). The van der Waals surface area contributed by atoms with Crippen LogP contribution in [0.25, 0.3) is 0 Å². The Balaban J connectivity index is 1.99. The molecule has 2 N–H and O–H groups in total. The lowest BCUT2D eigenvalue weighted by Crippen LogP contribution is -2.37. The lowest BCUT2D eigenvalue weighted by atomic mass is 10.2. The average Bonchev–Trinajstić information content (AvgIpc) is 3.19. The van der Waals surface area contributed by atoms with Crippen LogP contribution in [0.5, 0.6) is 0 Å². The van der Waals surface area contributed by atoms with E-state index in [4.69, 9.17) is 0 Å². The smallest absolute Gasteiger partial charge is 0.284 e. The summed E-state index contributed by atoms with van der Waals surface area (Å²) in [5.41, 5.74) is -0.0708. The molecule has 7 nitrogen and oxygen atoms in total. The van der Waals surface area contributed by atoms with Gasteiger partial charge in [-0.3, -0.25) is 19.7 Å². The van der Waals surface area contributed by atoms with Crippen LogP contribution in [0.3, 0.4) is 0 Å². The summed E-state index contributed by atoms with van der Waals surface area (Å²) >= 11 is 3.04. The Morgan fingerprint density at radius 3 is 2.70 bits per heavy atom. The van der Waals surface area contributed by atoms with E-state index in [0.717, 1.165) is 12.8 Å². The van der Waals surface area contributed by atoms with Gasteiger partial charge in [-0.25, -0.2) is 0 Å². The largest absolute Gasteiger partial charge is 0.352 e. The van der Waals surface area contributed by atoms with Crippen molar-refractivity contribution in [1.29, 1.82) is 0 Å². The summed E-state index contributed by atoms with van der Waals surface area (Å²) in [4.78, 5) is 33.5. The third-order valence-electron chi connectivity index (χ3n) is 2.77. The number of hydrogen-bond acceptors (Lipinski definition) is 4. The fraction of sp³-hybridized carbons (Fsp3) is 0.333. The number of nitro groups is 1. The van der Waals surface area contributed by atoms with Gasteiger partial charge < -0.3 is 10.6 Å². The summed E-state index contributed by atoms with van der Waals surface area (Å²) in [6.45, 7) is -0.148. The number of nitrogens with zero attached hydrogens (tertiary/aromatic N) is 1. The average molecular weight is 342 g/mol. The number of hydrogen-bond donors (Lipinski definition) is 2. The van der Waals surface area contributed by atoms with Crippen LogP contribution in [0.2, 0.25) is 0 Å². The lowest BCUT2D eigenvalue weighted by Gasteiger charge is -2.07. The fourth-order valence-corrected chi connectivity index (χ4v) is 2.19. The van der Waals surface area contributed by atoms with Crippen LogP contribution >= 0.6 is 15.9 Å². The molecule has 20 heavy (non-hydrogen) atoms. The van der Waals surface area contributed by atoms with E-state index in [1.54, 1.807) is 0 Å². The number of benzene rings is 1. The zero-order chi connectivity index (χ0) is 14.7. The highest BCUT2D eigenvalue weighted by Crippen LogP contribution is 2.28. The van der Waals surface area contributed by atoms with Gasteiger partial charge in [-0.05, 0) is 34.8 Å². The van der Waals surface area contributed by atoms with Crippen LogP contribution in [-0.2, 0) is 4.79 Å². The third kappa shape index (κ3) is 3.53. The molecule has 2 amide bonds. The number of carbonyl (C=O) groups excluding carboxylic acids is 2. The molecule has 0 bridgehead atoms. The predicted octanol–water partition coefficient (Wildman–Crippen LogP) is 1.37. The first-order valence-electron chi connectivity index (χ1n) is 5.99. The fourth-order valence-electron chi connectivity index (χ4n) is 1.60. The molecule has 2 rings (SSSR count). The zero-order valence-electron chi connectivity index (χ0n) is 10.4. The molecule has 0 saturated heterocycles. The molecule has 1 aliphatic rings. The van der Waals surface area contributed by atoms with Gasteiger partial charge in [0.25, 0.3) is 11.6 Å². The summed E-state index contributed by atoms with van der Waals surface area (Å²) in [6, 6.07) is 4.39. The Morgan fingerprint density at radius 2 is 2.10 bits per heavy atom. The maximum absolute atomic E-state index is 11.9. The number of nitro benzene ring substituents is 1. The normalized spacial score (nSPS) is 13.7. The van der Waals surface area contributed by atoms with Gasteiger partial charge >= 0.3 is 0 Å². The lowest BCUT2D eigenvalue weighted by molar-refractivity contribution is -0.385. The molecule has 0 radical (unpaired) electrons. The summed E-state index contributed by atoms with van der Waals surface area (Å²) in [5.74, 6) is -0.797. The quantitative estimate of drug-likeness (QED) is 0.623. The molecule has 0 aromatic heterocycles. The van der Waals surface area contributed by atoms with Gasteiger partial charge in [0.2, 0.25) is 5.91 Å². The summed E-state index contributed by atoms with van der Waals surface area (Å²) in [7, 11) is 0. The minimum atomic E-state index is -0.583. The Morgan fingerprint density at radius 1 is 1.40 bits per heavy atom. The van der Waals surface area contributed by atoms with E-state index in [1.165, 1.54) is 18.2 Å². The van der Waals surface area contributed by atoms with Gasteiger partial charge in [-0.15, -0.1) is 0 Å². The van der Waals surface area contributed by atoms with Crippen molar-refractivity contribution in [1.82, 2.24) is 10.6 Å². The van der Waals surface area contributed by atoms with Crippen molar-refractivity contribution in [2.45, 2.75) is 18.9 Å². The number of nitrogens with one attached hydrogen (secondary N) is 2. The van der Waals surface area contributed by atoms with E-state index in [-0.39, 0.29) is 34.2 Å². The van der Waals surface area contributed by atoms with Gasteiger partial charge in [0.1, 0.15) is 4.47 Å². The predicted molar refractivity (Wildman–Crippen MR) is 74.3 cm³/mol. The molecule has 8 heteroatoms. The number of rotatable bonds is 5. The second kappa shape index (κ2) is 6.00. The highest BCUT2D eigenvalue weighted by molar-refractivity contribution is 9.10. The molecule has 1 aromatic carbocycles. The maximum Gasteiger partial charge on any atom is 0.284 e. The second-order valence-corrected chi connectivity index (χ2v) is 5.21. The summed E-state index contributed by atoms with van der Waals surface area (Å²) < 4.78 is 0.102. The van der Waals surface area contributed by atoms with Crippen molar-refractivity contribution in [3.63, 3.8) is 0 Å². The topological polar surface area (TPSA) is 101 Å².